The van der Waals surface area contributed by atoms with Crippen LogP contribution in [0.2, 0.25) is 0 Å². The van der Waals surface area contributed by atoms with Gasteiger partial charge in [-0.2, -0.15) is 0 Å². The normalized spacial score (nSPS) is 17.7. The van der Waals surface area contributed by atoms with Crippen LogP contribution in [0.5, 0.6) is 11.5 Å². The molecule has 2 aromatic carbocycles. The predicted molar refractivity (Wildman–Crippen MR) is 149 cm³/mol. The molecule has 0 spiro atoms. The van der Waals surface area contributed by atoms with Gasteiger partial charge < -0.3 is 19.8 Å². The molecule has 4 heterocycles. The van der Waals surface area contributed by atoms with E-state index in [-0.39, 0.29) is 23.0 Å². The Morgan fingerprint density at radius 1 is 1.17 bits per heavy atom. The number of likely N-dealkylation sites (tertiary alicyclic amines) is 1. The number of rotatable bonds is 9. The minimum atomic E-state index is -4.46. The molecule has 0 aliphatic carbocycles. The molecule has 1 atom stereocenters. The molecule has 0 radical (unpaired) electrons. The summed E-state index contributed by atoms with van der Waals surface area (Å²) in [5.41, 5.74) is 0.435. The number of fused-ring (bicyclic) bond motifs is 1. The van der Waals surface area contributed by atoms with Gasteiger partial charge in [-0.1, -0.05) is 12.1 Å². The Labute approximate surface area is 234 Å². The van der Waals surface area contributed by atoms with Crippen molar-refractivity contribution in [2.45, 2.75) is 23.4 Å². The maximum atomic E-state index is 13.1. The van der Waals surface area contributed by atoms with Gasteiger partial charge in [-0.25, -0.2) is 18.1 Å². The highest BCUT2D eigenvalue weighted by molar-refractivity contribution is 7.90. The van der Waals surface area contributed by atoms with Crippen molar-refractivity contribution >= 4 is 38.3 Å². The number of anilines is 1. The summed E-state index contributed by atoms with van der Waals surface area (Å²) in [7, 11) is -4.46. The van der Waals surface area contributed by atoms with Crippen LogP contribution < -0.4 is 14.8 Å². The van der Waals surface area contributed by atoms with E-state index in [2.05, 4.69) is 20.2 Å². The number of sulfonamides is 1. The van der Waals surface area contributed by atoms with E-state index in [9.17, 15) is 23.3 Å². The van der Waals surface area contributed by atoms with Gasteiger partial charge in [-0.05, 0) is 42.8 Å². The zero-order valence-electron chi connectivity index (χ0n) is 21.6. The van der Waals surface area contributed by atoms with Crippen molar-refractivity contribution in [3.05, 3.63) is 82.7 Å². The van der Waals surface area contributed by atoms with Crippen LogP contribution in [0.3, 0.4) is 0 Å². The zero-order valence-corrected chi connectivity index (χ0v) is 22.5. The van der Waals surface area contributed by atoms with E-state index in [1.807, 2.05) is 10.8 Å². The fourth-order valence-electron chi connectivity index (χ4n) is 4.92. The van der Waals surface area contributed by atoms with Crippen molar-refractivity contribution in [3.63, 3.8) is 0 Å². The molecule has 2 fully saturated rings. The van der Waals surface area contributed by atoms with Gasteiger partial charge >= 0.3 is 0 Å². The highest BCUT2D eigenvalue weighted by atomic mass is 32.2. The lowest BCUT2D eigenvalue weighted by atomic mass is 10.2. The molecule has 6 rings (SSSR count). The van der Waals surface area contributed by atoms with Crippen LogP contribution in [0.25, 0.3) is 11.0 Å². The SMILES string of the molecule is O=C(NS(=O)(=O)c1ccc(N[C@@H]2CCN(C3COC3)C2)c([N+](=O)[O-])c1)c1ccccc1Oc1cnc2[nH]ccc2c1. The first kappa shape index (κ1) is 26.7. The average molecular weight is 579 g/mol. The molecule has 2 saturated heterocycles. The van der Waals surface area contributed by atoms with Gasteiger partial charge in [0.2, 0.25) is 0 Å². The van der Waals surface area contributed by atoms with Crippen molar-refractivity contribution in [1.29, 1.82) is 0 Å². The standard InChI is InChI=1S/C27H26N6O7S/c34-27(22-3-1-2-4-25(22)40-20-11-17-7-9-28-26(17)29-13-20)31-41(37,38)21-5-6-23(24(12-21)33(35)36)30-18-8-10-32(14-18)19-15-39-16-19/h1-7,9,11-13,18-19,30H,8,10,14-16H2,(H,28,29)(H,31,34)/t18-/m1/s1. The van der Waals surface area contributed by atoms with Crippen molar-refractivity contribution in [2.75, 3.05) is 31.6 Å². The summed E-state index contributed by atoms with van der Waals surface area (Å²) >= 11 is 0. The van der Waals surface area contributed by atoms with E-state index in [1.165, 1.54) is 30.5 Å². The highest BCUT2D eigenvalue weighted by Crippen LogP contribution is 2.31. The Kier molecular flexibility index (Phi) is 7.03. The van der Waals surface area contributed by atoms with Gasteiger partial charge in [0, 0.05) is 36.8 Å². The Hall–Kier alpha value is -4.53. The predicted octanol–water partition coefficient (Wildman–Crippen LogP) is 3.27. The number of nitrogens with one attached hydrogen (secondary N) is 3. The van der Waals surface area contributed by atoms with Crippen LogP contribution >= 0.6 is 0 Å². The second kappa shape index (κ2) is 10.8. The van der Waals surface area contributed by atoms with Crippen LogP contribution in [0, 0.1) is 10.1 Å². The van der Waals surface area contributed by atoms with Crippen LogP contribution in [0.15, 0.2) is 71.9 Å². The second-order valence-electron chi connectivity index (χ2n) is 9.87. The van der Waals surface area contributed by atoms with E-state index in [0.29, 0.717) is 37.2 Å². The number of nitrogens with zero attached hydrogens (tertiary/aromatic N) is 3. The third-order valence-corrected chi connectivity index (χ3v) is 8.48. The quantitative estimate of drug-likeness (QED) is 0.198. The number of aromatic amines is 1. The summed E-state index contributed by atoms with van der Waals surface area (Å²) in [6.45, 7) is 2.92. The van der Waals surface area contributed by atoms with Crippen LogP contribution in [-0.2, 0) is 14.8 Å². The molecule has 2 aliphatic rings. The molecule has 212 valence electrons. The Bertz CT molecular complexity index is 1740. The summed E-state index contributed by atoms with van der Waals surface area (Å²) in [4.78, 5) is 33.4. The monoisotopic (exact) mass is 578 g/mol. The summed E-state index contributed by atoms with van der Waals surface area (Å²) < 4.78 is 39.4. The first-order valence-electron chi connectivity index (χ1n) is 12.9. The Morgan fingerprint density at radius 3 is 2.78 bits per heavy atom. The molecule has 2 aromatic heterocycles. The molecule has 1 amide bonds. The van der Waals surface area contributed by atoms with Crippen LogP contribution in [0.4, 0.5) is 11.4 Å². The number of ether oxygens (including phenoxy) is 2. The lowest BCUT2D eigenvalue weighted by Crippen LogP contribution is -2.48. The van der Waals surface area contributed by atoms with Crippen molar-refractivity contribution in [3.8, 4) is 11.5 Å². The number of benzene rings is 2. The molecule has 0 unspecified atom stereocenters. The fraction of sp³-hybridized carbons (Fsp3) is 0.259. The minimum Gasteiger partial charge on any atom is -0.455 e. The van der Waals surface area contributed by atoms with E-state index in [1.54, 1.807) is 24.4 Å². The minimum absolute atomic E-state index is 0.0267. The number of hydrogen-bond donors (Lipinski definition) is 3. The van der Waals surface area contributed by atoms with E-state index in [4.69, 9.17) is 9.47 Å². The van der Waals surface area contributed by atoms with Gasteiger partial charge in [-0.3, -0.25) is 19.8 Å². The molecule has 2 aliphatic heterocycles. The van der Waals surface area contributed by atoms with E-state index >= 15 is 0 Å². The fourth-order valence-corrected chi connectivity index (χ4v) is 5.91. The maximum absolute atomic E-state index is 13.1. The number of nitro groups is 1. The number of para-hydroxylation sites is 1. The first-order valence-corrected chi connectivity index (χ1v) is 14.4. The largest absolute Gasteiger partial charge is 0.455 e. The number of amides is 1. The van der Waals surface area contributed by atoms with Crippen molar-refractivity contribution in [1.82, 2.24) is 19.6 Å². The van der Waals surface area contributed by atoms with Crippen molar-refractivity contribution < 1.29 is 27.6 Å². The number of H-pyrrole nitrogens is 1. The second-order valence-corrected chi connectivity index (χ2v) is 11.6. The number of nitro benzene ring substituents is 1. The zero-order chi connectivity index (χ0) is 28.6. The third-order valence-electron chi connectivity index (χ3n) is 7.15. The number of hydrogen-bond acceptors (Lipinski definition) is 10. The molecule has 41 heavy (non-hydrogen) atoms. The van der Waals surface area contributed by atoms with Gasteiger partial charge in [-0.15, -0.1) is 0 Å². The molecule has 3 N–H and O–H groups in total. The molecular weight excluding hydrogens is 552 g/mol. The lowest BCUT2D eigenvalue weighted by Gasteiger charge is -2.34. The molecule has 0 saturated carbocycles. The highest BCUT2D eigenvalue weighted by Gasteiger charge is 2.33. The summed E-state index contributed by atoms with van der Waals surface area (Å²) in [6.07, 6.45) is 4.00. The number of carbonyl (C=O) groups excluding carboxylic acids is 1. The number of aromatic nitrogens is 2. The smallest absolute Gasteiger partial charge is 0.293 e. The topological polar surface area (TPSA) is 169 Å². The Balaban J connectivity index is 1.18. The van der Waals surface area contributed by atoms with Crippen LogP contribution in [0.1, 0.15) is 16.8 Å². The number of pyridine rings is 1. The molecule has 13 nitrogen and oxygen atoms in total. The average Bonchev–Trinajstić information content (AvgIpc) is 3.57. The summed E-state index contributed by atoms with van der Waals surface area (Å²) in [5.74, 6) is -0.487. The van der Waals surface area contributed by atoms with Gasteiger partial charge in [0.05, 0.1) is 40.8 Å². The van der Waals surface area contributed by atoms with Crippen LogP contribution in [-0.4, -0.2) is 72.5 Å². The van der Waals surface area contributed by atoms with Gasteiger partial charge in [0.1, 0.15) is 22.8 Å². The molecule has 14 heteroatoms. The Morgan fingerprint density at radius 2 is 2.00 bits per heavy atom. The van der Waals surface area contributed by atoms with E-state index < -0.39 is 31.4 Å². The van der Waals surface area contributed by atoms with Gasteiger partial charge in [0.15, 0.2) is 0 Å². The van der Waals surface area contributed by atoms with Crippen molar-refractivity contribution in [2.24, 2.45) is 0 Å². The molecule has 0 bridgehead atoms. The molecular formula is C27H26N6O7S. The third kappa shape index (κ3) is 5.57. The van der Waals surface area contributed by atoms with E-state index in [0.717, 1.165) is 24.4 Å². The first-order chi connectivity index (χ1) is 19.8. The summed E-state index contributed by atoms with van der Waals surface area (Å²) in [5, 5.41) is 15.8. The van der Waals surface area contributed by atoms with Gasteiger partial charge in [0.25, 0.3) is 21.6 Å². The summed E-state index contributed by atoms with van der Waals surface area (Å²) in [6, 6.07) is 13.6. The lowest BCUT2D eigenvalue weighted by molar-refractivity contribution is -0.384. The maximum Gasteiger partial charge on any atom is 0.293 e. The number of carbonyl (C=O) groups is 1. The molecule has 4 aromatic rings.